The molecule has 5 heteroatoms. The van der Waals surface area contributed by atoms with Crippen LogP contribution in [0.25, 0.3) is 6.08 Å². The largest absolute Gasteiger partial charge is 0.345 e. The highest BCUT2D eigenvalue weighted by Crippen LogP contribution is 2.29. The van der Waals surface area contributed by atoms with Crippen LogP contribution in [0.15, 0.2) is 85.1 Å². The van der Waals surface area contributed by atoms with Gasteiger partial charge in [-0.25, -0.2) is 0 Å². The number of hydrogen-bond donors (Lipinski definition) is 0. The molecule has 4 rings (SSSR count). The van der Waals surface area contributed by atoms with Crippen molar-refractivity contribution in [1.82, 2.24) is 14.4 Å². The predicted octanol–water partition coefficient (Wildman–Crippen LogP) is 5.37. The second-order valence-corrected chi connectivity index (χ2v) is 9.22. The number of carbonyl (C=O) groups excluding carboxylic acids is 2. The number of hydrogen-bond acceptors (Lipinski definition) is 2. The number of benzene rings is 2. The normalized spacial score (nSPS) is 13.2. The molecule has 0 unspecified atom stereocenters. The molecule has 0 saturated heterocycles. The Labute approximate surface area is 208 Å². The summed E-state index contributed by atoms with van der Waals surface area (Å²) in [6.45, 7) is 4.15. The first-order valence-electron chi connectivity index (χ1n) is 12.6. The van der Waals surface area contributed by atoms with E-state index in [-0.39, 0.29) is 24.4 Å². The topological polar surface area (TPSA) is 45.6 Å². The van der Waals surface area contributed by atoms with E-state index in [9.17, 15) is 9.59 Å². The molecule has 1 heterocycles. The number of rotatable bonds is 12. The fourth-order valence-electron chi connectivity index (χ4n) is 4.22. The maximum Gasteiger partial charge on any atom is 0.247 e. The van der Waals surface area contributed by atoms with Gasteiger partial charge < -0.3 is 14.4 Å². The Hall–Kier alpha value is -3.60. The van der Waals surface area contributed by atoms with Gasteiger partial charge >= 0.3 is 0 Å². The zero-order valence-electron chi connectivity index (χ0n) is 20.6. The Morgan fingerprint density at radius 1 is 0.971 bits per heavy atom. The van der Waals surface area contributed by atoms with Gasteiger partial charge in [0.25, 0.3) is 0 Å². The number of amides is 2. The van der Waals surface area contributed by atoms with Crippen molar-refractivity contribution in [1.29, 1.82) is 0 Å². The van der Waals surface area contributed by atoms with Gasteiger partial charge in [-0.05, 0) is 48.6 Å². The first-order valence-corrected chi connectivity index (χ1v) is 12.6. The van der Waals surface area contributed by atoms with E-state index >= 15 is 0 Å². The maximum atomic E-state index is 13.5. The average molecular weight is 470 g/mol. The van der Waals surface area contributed by atoms with Crippen molar-refractivity contribution in [3.8, 4) is 0 Å². The quantitative estimate of drug-likeness (QED) is 0.335. The third-order valence-corrected chi connectivity index (χ3v) is 6.40. The van der Waals surface area contributed by atoms with E-state index in [0.29, 0.717) is 13.1 Å². The van der Waals surface area contributed by atoms with Gasteiger partial charge in [-0.3, -0.25) is 9.59 Å². The van der Waals surface area contributed by atoms with Crippen LogP contribution in [-0.4, -0.2) is 45.3 Å². The van der Waals surface area contributed by atoms with Crippen molar-refractivity contribution in [3.05, 3.63) is 102 Å². The molecule has 35 heavy (non-hydrogen) atoms. The summed E-state index contributed by atoms with van der Waals surface area (Å²) in [6, 6.07) is 24.5. The van der Waals surface area contributed by atoms with Crippen LogP contribution in [0.3, 0.4) is 0 Å². The summed E-state index contributed by atoms with van der Waals surface area (Å²) < 4.78 is 2.21. The van der Waals surface area contributed by atoms with Crippen molar-refractivity contribution >= 4 is 17.9 Å². The Morgan fingerprint density at radius 2 is 1.69 bits per heavy atom. The molecule has 1 saturated carbocycles. The van der Waals surface area contributed by atoms with Crippen LogP contribution in [0, 0.1) is 0 Å². The molecule has 0 bridgehead atoms. The lowest BCUT2D eigenvalue weighted by Crippen LogP contribution is -2.43. The van der Waals surface area contributed by atoms with Crippen molar-refractivity contribution < 1.29 is 9.59 Å². The number of aromatic nitrogens is 1. The van der Waals surface area contributed by atoms with Gasteiger partial charge in [-0.15, -0.1) is 0 Å². The minimum atomic E-state index is -0.112. The van der Waals surface area contributed by atoms with Gasteiger partial charge in [-0.1, -0.05) is 74.0 Å². The summed E-state index contributed by atoms with van der Waals surface area (Å²) in [5.74, 6) is -0.0867. The average Bonchev–Trinajstić information content (AvgIpc) is 3.64. The molecule has 0 spiro atoms. The molecule has 1 aliphatic carbocycles. The van der Waals surface area contributed by atoms with Gasteiger partial charge in [0, 0.05) is 37.1 Å². The van der Waals surface area contributed by atoms with Crippen LogP contribution in [-0.2, 0) is 22.7 Å². The predicted molar refractivity (Wildman–Crippen MR) is 141 cm³/mol. The monoisotopic (exact) mass is 469 g/mol. The second-order valence-electron chi connectivity index (χ2n) is 9.22. The SMILES string of the molecule is CCCCN(CC(=O)N(Cc1cccn1Cc1ccccc1)C1CC1)C(=O)C=Cc1ccccc1. The molecule has 1 aromatic heterocycles. The summed E-state index contributed by atoms with van der Waals surface area (Å²) in [4.78, 5) is 30.2. The standard InChI is InChI=1S/C30H35N3O2/c1-2-3-20-32(29(34)19-16-25-11-6-4-7-12-25)24-30(35)33(27-17-18-27)23-28-15-10-21-31(28)22-26-13-8-5-9-14-26/h4-16,19,21,27H,2-3,17-18,20,22-24H2,1H3. The lowest BCUT2D eigenvalue weighted by molar-refractivity contribution is -0.139. The minimum Gasteiger partial charge on any atom is -0.345 e. The molecule has 2 amide bonds. The molecular formula is C30H35N3O2. The number of unbranched alkanes of at least 4 members (excludes halogenated alkanes) is 1. The number of carbonyl (C=O) groups is 2. The fourth-order valence-corrected chi connectivity index (χ4v) is 4.22. The van der Waals surface area contributed by atoms with E-state index in [1.807, 2.05) is 65.6 Å². The summed E-state index contributed by atoms with van der Waals surface area (Å²) in [6.07, 6.45) is 9.39. The zero-order chi connectivity index (χ0) is 24.5. The molecule has 1 aliphatic rings. The van der Waals surface area contributed by atoms with Crippen LogP contribution in [0.5, 0.6) is 0 Å². The Balaban J connectivity index is 1.44. The van der Waals surface area contributed by atoms with Gasteiger partial charge in [0.15, 0.2) is 0 Å². The van der Waals surface area contributed by atoms with Crippen molar-refractivity contribution in [2.24, 2.45) is 0 Å². The van der Waals surface area contributed by atoms with E-state index in [1.165, 1.54) is 5.56 Å². The van der Waals surface area contributed by atoms with E-state index in [4.69, 9.17) is 0 Å². The Kier molecular flexibility index (Phi) is 8.55. The van der Waals surface area contributed by atoms with Crippen LogP contribution in [0.4, 0.5) is 0 Å². The Morgan fingerprint density at radius 3 is 2.37 bits per heavy atom. The van der Waals surface area contributed by atoms with Crippen LogP contribution in [0.2, 0.25) is 0 Å². The zero-order valence-corrected chi connectivity index (χ0v) is 20.6. The summed E-state index contributed by atoms with van der Waals surface area (Å²) in [5, 5.41) is 0. The molecule has 0 radical (unpaired) electrons. The van der Waals surface area contributed by atoms with Crippen molar-refractivity contribution in [3.63, 3.8) is 0 Å². The van der Waals surface area contributed by atoms with E-state index in [1.54, 1.807) is 11.0 Å². The first-order chi connectivity index (χ1) is 17.1. The van der Waals surface area contributed by atoms with Gasteiger partial charge in [0.05, 0.1) is 6.54 Å². The molecule has 3 aromatic rings. The molecule has 0 atom stereocenters. The molecule has 182 valence electrons. The molecule has 0 aliphatic heterocycles. The molecule has 1 fully saturated rings. The lowest BCUT2D eigenvalue weighted by Gasteiger charge is -2.27. The van der Waals surface area contributed by atoms with Crippen LogP contribution < -0.4 is 0 Å². The van der Waals surface area contributed by atoms with Gasteiger partial charge in [0.1, 0.15) is 6.54 Å². The van der Waals surface area contributed by atoms with Gasteiger partial charge in [0.2, 0.25) is 11.8 Å². The van der Waals surface area contributed by atoms with Crippen molar-refractivity contribution in [2.75, 3.05) is 13.1 Å². The number of nitrogens with zero attached hydrogens (tertiary/aromatic N) is 3. The highest BCUT2D eigenvalue weighted by molar-refractivity contribution is 5.94. The van der Waals surface area contributed by atoms with Crippen molar-refractivity contribution in [2.45, 2.75) is 51.7 Å². The third-order valence-electron chi connectivity index (χ3n) is 6.40. The molecule has 2 aromatic carbocycles. The fraction of sp³-hybridized carbons (Fsp3) is 0.333. The van der Waals surface area contributed by atoms with Crippen LogP contribution >= 0.6 is 0 Å². The molecule has 0 N–H and O–H groups in total. The van der Waals surface area contributed by atoms with E-state index in [2.05, 4.69) is 35.9 Å². The third kappa shape index (κ3) is 7.19. The highest BCUT2D eigenvalue weighted by atomic mass is 16.2. The van der Waals surface area contributed by atoms with E-state index in [0.717, 1.165) is 43.5 Å². The van der Waals surface area contributed by atoms with E-state index < -0.39 is 0 Å². The lowest BCUT2D eigenvalue weighted by atomic mass is 10.2. The second kappa shape index (κ2) is 12.2. The van der Waals surface area contributed by atoms with Gasteiger partial charge in [-0.2, -0.15) is 0 Å². The smallest absolute Gasteiger partial charge is 0.247 e. The Bertz CT molecular complexity index is 1120. The summed E-state index contributed by atoms with van der Waals surface area (Å²) in [5.41, 5.74) is 3.32. The minimum absolute atomic E-state index is 0.0255. The summed E-state index contributed by atoms with van der Waals surface area (Å²) >= 11 is 0. The highest BCUT2D eigenvalue weighted by Gasteiger charge is 2.34. The maximum absolute atomic E-state index is 13.5. The van der Waals surface area contributed by atoms with Crippen LogP contribution in [0.1, 0.15) is 49.4 Å². The molecule has 5 nitrogen and oxygen atoms in total. The molecular weight excluding hydrogens is 434 g/mol. The first kappa shape index (κ1) is 24.5. The summed E-state index contributed by atoms with van der Waals surface area (Å²) in [7, 11) is 0.